The predicted octanol–water partition coefficient (Wildman–Crippen LogP) is 1.06. The summed E-state index contributed by atoms with van der Waals surface area (Å²) in [5, 5.41) is 0. The highest BCUT2D eigenvalue weighted by Crippen LogP contribution is 2.12. The molecule has 0 aliphatic rings. The third-order valence-electron chi connectivity index (χ3n) is 2.70. The largest absolute Gasteiger partial charge is 0.354 e. The van der Waals surface area contributed by atoms with Crippen LogP contribution in [0.1, 0.15) is 19.9 Å². The second kappa shape index (κ2) is 5.37. The van der Waals surface area contributed by atoms with Crippen molar-refractivity contribution in [1.82, 2.24) is 7.93 Å². The fourth-order valence-electron chi connectivity index (χ4n) is 1.76. The van der Waals surface area contributed by atoms with Crippen molar-refractivity contribution in [3.8, 4) is 0 Å². The van der Waals surface area contributed by atoms with Gasteiger partial charge in [-0.05, 0) is 26.0 Å². The van der Waals surface area contributed by atoms with Crippen LogP contribution in [0.4, 0.5) is 0 Å². The van der Waals surface area contributed by atoms with Crippen molar-refractivity contribution < 1.29 is 8.42 Å². The molecule has 0 bridgehead atoms. The standard InChI is InChI=1S/C12H15N3O3S2/c1-9(2)14-11(13-3)19-15(12(14)16)20(17,18)10-7-5-4-6-8-10/h4-9H,1-3H3. The highest BCUT2D eigenvalue weighted by atomic mass is 32.3. The van der Waals surface area contributed by atoms with E-state index in [0.29, 0.717) is 4.80 Å². The molecule has 0 fully saturated rings. The molecule has 0 aliphatic carbocycles. The number of rotatable bonds is 3. The molecule has 2 rings (SSSR count). The molecule has 0 aliphatic heterocycles. The van der Waals surface area contributed by atoms with Crippen LogP contribution in [0.3, 0.4) is 0 Å². The summed E-state index contributed by atoms with van der Waals surface area (Å²) in [6, 6.07) is 7.72. The van der Waals surface area contributed by atoms with Crippen LogP contribution in [-0.4, -0.2) is 23.4 Å². The molecule has 8 heteroatoms. The van der Waals surface area contributed by atoms with Gasteiger partial charge in [-0.1, -0.05) is 18.2 Å². The van der Waals surface area contributed by atoms with Gasteiger partial charge in [0.25, 0.3) is 10.0 Å². The Bertz CT molecular complexity index is 827. The van der Waals surface area contributed by atoms with Crippen LogP contribution in [0.15, 0.2) is 45.0 Å². The summed E-state index contributed by atoms with van der Waals surface area (Å²) in [6.45, 7) is 3.62. The van der Waals surface area contributed by atoms with Crippen molar-refractivity contribution in [3.63, 3.8) is 0 Å². The molecule has 0 atom stereocenters. The Hall–Kier alpha value is -1.67. The number of nitrogens with zero attached hydrogens (tertiary/aromatic N) is 3. The minimum atomic E-state index is -3.87. The molecule has 1 heterocycles. The van der Waals surface area contributed by atoms with Crippen LogP contribution in [-0.2, 0) is 10.0 Å². The second-order valence-electron chi connectivity index (χ2n) is 4.39. The van der Waals surface area contributed by atoms with E-state index in [-0.39, 0.29) is 10.9 Å². The second-order valence-corrected chi connectivity index (χ2v) is 7.32. The predicted molar refractivity (Wildman–Crippen MR) is 77.5 cm³/mol. The quantitative estimate of drug-likeness (QED) is 0.850. The maximum atomic E-state index is 12.5. The topological polar surface area (TPSA) is 73.4 Å². The number of benzene rings is 1. The SMILES string of the molecule is CN=c1sn(S(=O)(=O)c2ccccc2)c(=O)n1C(C)C. The molecule has 0 spiro atoms. The minimum absolute atomic E-state index is 0.0851. The van der Waals surface area contributed by atoms with Crippen LogP contribution in [0, 0.1) is 0 Å². The lowest BCUT2D eigenvalue weighted by Gasteiger charge is -2.04. The summed E-state index contributed by atoms with van der Waals surface area (Å²) in [5.74, 6) is 0. The summed E-state index contributed by atoms with van der Waals surface area (Å²) in [4.78, 5) is 16.7. The molecule has 0 unspecified atom stereocenters. The third kappa shape index (κ3) is 2.36. The number of aromatic nitrogens is 2. The molecular formula is C12H15N3O3S2. The van der Waals surface area contributed by atoms with Crippen LogP contribution < -0.4 is 10.5 Å². The Kier molecular flexibility index (Phi) is 3.96. The first kappa shape index (κ1) is 14.7. The van der Waals surface area contributed by atoms with E-state index in [1.54, 1.807) is 18.2 Å². The van der Waals surface area contributed by atoms with Gasteiger partial charge in [0.05, 0.1) is 4.90 Å². The Morgan fingerprint density at radius 2 is 1.80 bits per heavy atom. The van der Waals surface area contributed by atoms with Crippen LogP contribution >= 0.6 is 11.5 Å². The van der Waals surface area contributed by atoms with E-state index in [1.165, 1.54) is 23.7 Å². The van der Waals surface area contributed by atoms with Gasteiger partial charge >= 0.3 is 5.69 Å². The molecule has 1 aromatic carbocycles. The van der Waals surface area contributed by atoms with Crippen molar-refractivity contribution in [2.75, 3.05) is 7.05 Å². The Morgan fingerprint density at radius 3 is 2.25 bits per heavy atom. The molecule has 0 saturated carbocycles. The van der Waals surface area contributed by atoms with E-state index in [2.05, 4.69) is 4.99 Å². The summed E-state index contributed by atoms with van der Waals surface area (Å²) in [7, 11) is -2.34. The zero-order valence-corrected chi connectivity index (χ0v) is 13.0. The van der Waals surface area contributed by atoms with Gasteiger partial charge in [-0.25, -0.2) is 4.79 Å². The molecule has 108 valence electrons. The first-order chi connectivity index (χ1) is 9.39. The number of hydrogen-bond acceptors (Lipinski definition) is 5. The Balaban J connectivity index is 2.76. The lowest BCUT2D eigenvalue weighted by Crippen LogP contribution is -2.33. The highest BCUT2D eigenvalue weighted by Gasteiger charge is 2.23. The van der Waals surface area contributed by atoms with Gasteiger partial charge in [0, 0.05) is 24.6 Å². The lowest BCUT2D eigenvalue weighted by molar-refractivity contribution is 0.548. The van der Waals surface area contributed by atoms with E-state index in [9.17, 15) is 13.2 Å². The van der Waals surface area contributed by atoms with Gasteiger partial charge < -0.3 is 0 Å². The normalized spacial score (nSPS) is 13.1. The van der Waals surface area contributed by atoms with Crippen LogP contribution in [0.25, 0.3) is 0 Å². The molecule has 2 aromatic rings. The molecule has 0 radical (unpaired) electrons. The zero-order chi connectivity index (χ0) is 14.9. The van der Waals surface area contributed by atoms with Crippen molar-refractivity contribution in [2.45, 2.75) is 24.8 Å². The van der Waals surface area contributed by atoms with Crippen molar-refractivity contribution in [2.24, 2.45) is 4.99 Å². The zero-order valence-electron chi connectivity index (χ0n) is 11.3. The van der Waals surface area contributed by atoms with Gasteiger partial charge in [0.1, 0.15) is 0 Å². The van der Waals surface area contributed by atoms with E-state index in [0.717, 1.165) is 14.9 Å². The lowest BCUT2D eigenvalue weighted by atomic mass is 10.4. The number of hydrogen-bond donors (Lipinski definition) is 0. The molecule has 0 N–H and O–H groups in total. The van der Waals surface area contributed by atoms with Gasteiger partial charge in [0.2, 0.25) is 4.80 Å². The van der Waals surface area contributed by atoms with Crippen molar-refractivity contribution in [1.29, 1.82) is 0 Å². The van der Waals surface area contributed by atoms with E-state index in [1.807, 2.05) is 13.8 Å². The monoisotopic (exact) mass is 313 g/mol. The maximum absolute atomic E-state index is 12.5. The van der Waals surface area contributed by atoms with Gasteiger partial charge in [-0.15, -0.1) is 3.36 Å². The van der Waals surface area contributed by atoms with Crippen molar-refractivity contribution in [3.05, 3.63) is 45.6 Å². The van der Waals surface area contributed by atoms with E-state index < -0.39 is 15.7 Å². The molecular weight excluding hydrogens is 298 g/mol. The van der Waals surface area contributed by atoms with Gasteiger partial charge in [-0.2, -0.15) is 8.42 Å². The van der Waals surface area contributed by atoms with E-state index >= 15 is 0 Å². The maximum Gasteiger partial charge on any atom is 0.354 e. The fourth-order valence-corrected chi connectivity index (χ4v) is 4.37. The molecule has 1 aromatic heterocycles. The average Bonchev–Trinajstić information content (AvgIpc) is 2.77. The molecule has 0 saturated heterocycles. The average molecular weight is 313 g/mol. The first-order valence-corrected chi connectivity index (χ1v) is 8.19. The summed E-state index contributed by atoms with van der Waals surface area (Å²) >= 11 is 0.829. The van der Waals surface area contributed by atoms with E-state index in [4.69, 9.17) is 0 Å². The van der Waals surface area contributed by atoms with Gasteiger partial charge in [-0.3, -0.25) is 9.56 Å². The minimum Gasteiger partial charge on any atom is -0.264 e. The Labute approximate surface area is 120 Å². The molecule has 0 amide bonds. The molecule has 20 heavy (non-hydrogen) atoms. The molecule has 6 nitrogen and oxygen atoms in total. The highest BCUT2D eigenvalue weighted by molar-refractivity contribution is 7.91. The first-order valence-electron chi connectivity index (χ1n) is 5.98. The van der Waals surface area contributed by atoms with Crippen molar-refractivity contribution >= 4 is 21.6 Å². The van der Waals surface area contributed by atoms with Crippen LogP contribution in [0.5, 0.6) is 0 Å². The summed E-state index contributed by atoms with van der Waals surface area (Å²) < 4.78 is 27.1. The summed E-state index contributed by atoms with van der Waals surface area (Å²) in [5.41, 5.74) is -0.588. The fraction of sp³-hybridized carbons (Fsp3) is 0.333. The Morgan fingerprint density at radius 1 is 1.20 bits per heavy atom. The smallest absolute Gasteiger partial charge is 0.264 e. The van der Waals surface area contributed by atoms with Gasteiger partial charge in [0.15, 0.2) is 0 Å². The van der Waals surface area contributed by atoms with Crippen LogP contribution in [0.2, 0.25) is 0 Å². The summed E-state index contributed by atoms with van der Waals surface area (Å²) in [6.07, 6.45) is 0. The third-order valence-corrected chi connectivity index (χ3v) is 5.84.